The Balaban J connectivity index is 1.79. The Labute approximate surface area is 166 Å². The standard InChI is InChI=1S/C18H21N7O2S/c1-11-7-15(28-23-11)21-18-20-14-5-6-25(13-8-19-24(3)9-13)16(14)17(22-18)27-12(2)10-26-4/h5-9,12H,10H2,1-4H3,(H,20,21,22). The second kappa shape index (κ2) is 7.56. The van der Waals surface area contributed by atoms with Crippen molar-refractivity contribution in [2.75, 3.05) is 19.0 Å². The maximum absolute atomic E-state index is 6.10. The maximum atomic E-state index is 6.10. The number of nitrogens with one attached hydrogen (secondary N) is 1. The third-order valence-electron chi connectivity index (χ3n) is 4.05. The average Bonchev–Trinajstić information content (AvgIpc) is 3.35. The molecule has 0 aromatic carbocycles. The van der Waals surface area contributed by atoms with Crippen molar-refractivity contribution in [2.45, 2.75) is 20.0 Å². The van der Waals surface area contributed by atoms with Gasteiger partial charge in [0, 0.05) is 26.6 Å². The number of rotatable bonds is 7. The van der Waals surface area contributed by atoms with Crippen LogP contribution < -0.4 is 10.1 Å². The summed E-state index contributed by atoms with van der Waals surface area (Å²) in [6.07, 6.45) is 5.48. The monoisotopic (exact) mass is 399 g/mol. The van der Waals surface area contributed by atoms with E-state index in [1.54, 1.807) is 18.0 Å². The second-order valence-corrected chi connectivity index (χ2v) is 7.29. The number of methoxy groups -OCH3 is 1. The lowest BCUT2D eigenvalue weighted by atomic mass is 10.4. The van der Waals surface area contributed by atoms with Gasteiger partial charge < -0.3 is 19.4 Å². The molecular formula is C18H21N7O2S. The van der Waals surface area contributed by atoms with Crippen LogP contribution in [0.5, 0.6) is 5.88 Å². The van der Waals surface area contributed by atoms with E-state index in [0.29, 0.717) is 18.4 Å². The Kier molecular flexibility index (Phi) is 4.97. The predicted molar refractivity (Wildman–Crippen MR) is 108 cm³/mol. The molecule has 0 spiro atoms. The summed E-state index contributed by atoms with van der Waals surface area (Å²) < 4.78 is 19.3. The van der Waals surface area contributed by atoms with Gasteiger partial charge in [-0.3, -0.25) is 4.68 Å². The summed E-state index contributed by atoms with van der Waals surface area (Å²) in [7, 11) is 3.52. The number of aryl methyl sites for hydroxylation is 2. The number of aromatic nitrogens is 6. The number of nitrogens with zero attached hydrogens (tertiary/aromatic N) is 6. The van der Waals surface area contributed by atoms with E-state index in [9.17, 15) is 0 Å². The molecule has 10 heteroatoms. The summed E-state index contributed by atoms with van der Waals surface area (Å²) in [6, 6.07) is 3.88. The Hall–Kier alpha value is -2.98. The summed E-state index contributed by atoms with van der Waals surface area (Å²) in [5, 5.41) is 8.34. The molecule has 146 valence electrons. The Morgan fingerprint density at radius 3 is 2.86 bits per heavy atom. The van der Waals surface area contributed by atoms with Gasteiger partial charge in [0.1, 0.15) is 16.6 Å². The maximum Gasteiger partial charge on any atom is 0.244 e. The fourth-order valence-corrected chi connectivity index (χ4v) is 3.55. The number of hydrogen-bond donors (Lipinski definition) is 1. The lowest BCUT2D eigenvalue weighted by Crippen LogP contribution is -2.19. The first-order valence-corrected chi connectivity index (χ1v) is 9.55. The van der Waals surface area contributed by atoms with Gasteiger partial charge in [-0.05, 0) is 37.5 Å². The second-order valence-electron chi connectivity index (χ2n) is 6.49. The zero-order valence-corrected chi connectivity index (χ0v) is 16.9. The Morgan fingerprint density at radius 1 is 1.32 bits per heavy atom. The summed E-state index contributed by atoms with van der Waals surface area (Å²) in [5.74, 6) is 0.937. The van der Waals surface area contributed by atoms with Crippen molar-refractivity contribution in [3.8, 4) is 11.6 Å². The highest BCUT2D eigenvalue weighted by atomic mass is 32.1. The van der Waals surface area contributed by atoms with Crippen molar-refractivity contribution < 1.29 is 9.47 Å². The Bertz CT molecular complexity index is 1100. The number of hydrogen-bond acceptors (Lipinski definition) is 8. The predicted octanol–water partition coefficient (Wildman–Crippen LogP) is 3.08. The first-order valence-electron chi connectivity index (χ1n) is 8.77. The van der Waals surface area contributed by atoms with Crippen LogP contribution in [0, 0.1) is 6.92 Å². The van der Waals surface area contributed by atoms with Crippen molar-refractivity contribution in [2.24, 2.45) is 7.05 Å². The van der Waals surface area contributed by atoms with Gasteiger partial charge in [0.15, 0.2) is 0 Å². The molecule has 1 unspecified atom stereocenters. The van der Waals surface area contributed by atoms with Crippen molar-refractivity contribution in [1.82, 2.24) is 28.7 Å². The van der Waals surface area contributed by atoms with Crippen LogP contribution in [0.25, 0.3) is 16.7 Å². The quantitative estimate of drug-likeness (QED) is 0.510. The van der Waals surface area contributed by atoms with Crippen molar-refractivity contribution in [3.63, 3.8) is 0 Å². The van der Waals surface area contributed by atoms with E-state index in [2.05, 4.69) is 24.8 Å². The SMILES string of the molecule is COCC(C)Oc1nc(Nc2cc(C)ns2)nc2ccn(-c3cnn(C)c3)c12. The number of anilines is 2. The minimum Gasteiger partial charge on any atom is -0.471 e. The Morgan fingerprint density at radius 2 is 2.18 bits per heavy atom. The molecule has 4 aromatic rings. The van der Waals surface area contributed by atoms with E-state index >= 15 is 0 Å². The highest BCUT2D eigenvalue weighted by molar-refractivity contribution is 7.10. The van der Waals surface area contributed by atoms with Gasteiger partial charge in [0.2, 0.25) is 11.8 Å². The minimum atomic E-state index is -0.168. The van der Waals surface area contributed by atoms with E-state index < -0.39 is 0 Å². The van der Waals surface area contributed by atoms with Crippen LogP contribution in [0.3, 0.4) is 0 Å². The normalized spacial score (nSPS) is 12.4. The molecule has 0 fully saturated rings. The molecule has 0 saturated heterocycles. The third-order valence-corrected chi connectivity index (χ3v) is 4.84. The van der Waals surface area contributed by atoms with Crippen LogP contribution in [0.4, 0.5) is 10.9 Å². The molecule has 0 bridgehead atoms. The van der Waals surface area contributed by atoms with Gasteiger partial charge in [0.25, 0.3) is 0 Å². The van der Waals surface area contributed by atoms with Crippen molar-refractivity contribution in [3.05, 3.63) is 36.4 Å². The molecule has 1 N–H and O–H groups in total. The first kappa shape index (κ1) is 18.4. The van der Waals surface area contributed by atoms with Gasteiger partial charge in [-0.1, -0.05) is 0 Å². The first-order chi connectivity index (χ1) is 13.5. The molecule has 4 rings (SSSR count). The van der Waals surface area contributed by atoms with Gasteiger partial charge in [-0.15, -0.1) is 0 Å². The summed E-state index contributed by atoms with van der Waals surface area (Å²) in [4.78, 5) is 9.27. The fourth-order valence-electron chi connectivity index (χ4n) is 2.89. The topological polar surface area (TPSA) is 91.9 Å². The molecule has 28 heavy (non-hydrogen) atoms. The molecule has 0 saturated carbocycles. The van der Waals surface area contributed by atoms with Crippen LogP contribution in [-0.2, 0) is 11.8 Å². The van der Waals surface area contributed by atoms with E-state index in [-0.39, 0.29) is 6.10 Å². The molecule has 1 atom stereocenters. The molecule has 0 amide bonds. The van der Waals surface area contributed by atoms with Crippen LogP contribution in [0.15, 0.2) is 30.7 Å². The van der Waals surface area contributed by atoms with E-state index in [4.69, 9.17) is 9.47 Å². The largest absolute Gasteiger partial charge is 0.471 e. The lowest BCUT2D eigenvalue weighted by molar-refractivity contribution is 0.0899. The molecule has 4 heterocycles. The zero-order chi connectivity index (χ0) is 19.7. The molecule has 0 aliphatic heterocycles. The number of fused-ring (bicyclic) bond motifs is 1. The third kappa shape index (κ3) is 3.69. The number of ether oxygens (including phenoxy) is 2. The summed E-state index contributed by atoms with van der Waals surface area (Å²) >= 11 is 1.36. The van der Waals surface area contributed by atoms with Gasteiger partial charge in [-0.2, -0.15) is 14.5 Å². The molecular weight excluding hydrogens is 378 g/mol. The average molecular weight is 399 g/mol. The van der Waals surface area contributed by atoms with Gasteiger partial charge in [-0.25, -0.2) is 4.98 Å². The van der Waals surface area contributed by atoms with Crippen LogP contribution in [-0.4, -0.2) is 48.5 Å². The molecule has 0 aliphatic carbocycles. The highest BCUT2D eigenvalue weighted by Crippen LogP contribution is 2.30. The molecule has 0 radical (unpaired) electrons. The molecule has 9 nitrogen and oxygen atoms in total. The zero-order valence-electron chi connectivity index (χ0n) is 16.1. The summed E-state index contributed by atoms with van der Waals surface area (Å²) in [5.41, 5.74) is 3.40. The minimum absolute atomic E-state index is 0.168. The molecule has 0 aliphatic rings. The van der Waals surface area contributed by atoms with E-state index in [1.165, 1.54) is 11.5 Å². The van der Waals surface area contributed by atoms with Crippen molar-refractivity contribution >= 4 is 33.5 Å². The smallest absolute Gasteiger partial charge is 0.244 e. The van der Waals surface area contributed by atoms with Gasteiger partial charge >= 0.3 is 0 Å². The van der Waals surface area contributed by atoms with Crippen LogP contribution in [0.1, 0.15) is 12.6 Å². The van der Waals surface area contributed by atoms with E-state index in [1.807, 2.05) is 50.0 Å². The lowest BCUT2D eigenvalue weighted by Gasteiger charge is -2.15. The molecule has 4 aromatic heterocycles. The fraction of sp³-hybridized carbons (Fsp3) is 0.333. The summed E-state index contributed by atoms with van der Waals surface area (Å²) in [6.45, 7) is 4.34. The highest BCUT2D eigenvalue weighted by Gasteiger charge is 2.18. The van der Waals surface area contributed by atoms with Crippen LogP contribution in [0.2, 0.25) is 0 Å². The van der Waals surface area contributed by atoms with Crippen LogP contribution >= 0.6 is 11.5 Å². The van der Waals surface area contributed by atoms with Gasteiger partial charge in [0.05, 0.1) is 29.7 Å². The van der Waals surface area contributed by atoms with Crippen molar-refractivity contribution in [1.29, 1.82) is 0 Å². The van der Waals surface area contributed by atoms with E-state index in [0.717, 1.165) is 27.4 Å².